The van der Waals surface area contributed by atoms with Crippen molar-refractivity contribution in [3.63, 3.8) is 0 Å². The van der Waals surface area contributed by atoms with Gasteiger partial charge in [-0.2, -0.15) is 5.10 Å². The molecule has 72 valence electrons. The number of hydrogen-bond donors (Lipinski definition) is 2. The number of hydrogen-bond acceptors (Lipinski definition) is 3. The predicted molar refractivity (Wildman–Crippen MR) is 49.2 cm³/mol. The quantitative estimate of drug-likeness (QED) is 0.704. The van der Waals surface area contributed by atoms with Crippen molar-refractivity contribution in [2.24, 2.45) is 12.8 Å². The zero-order chi connectivity index (χ0) is 9.42. The van der Waals surface area contributed by atoms with Gasteiger partial charge < -0.3 is 10.8 Å². The van der Waals surface area contributed by atoms with Gasteiger partial charge in [-0.25, -0.2) is 0 Å². The molecule has 0 spiro atoms. The van der Waals surface area contributed by atoms with Gasteiger partial charge in [-0.1, -0.05) is 0 Å². The molecule has 4 heteroatoms. The first-order valence-electron chi connectivity index (χ1n) is 4.62. The first-order chi connectivity index (χ1) is 6.22. The maximum atomic E-state index is 8.91. The summed E-state index contributed by atoms with van der Waals surface area (Å²) in [6.45, 7) is -0.0242. The fourth-order valence-electron chi connectivity index (χ4n) is 1.52. The lowest BCUT2D eigenvalue weighted by molar-refractivity contribution is 0.263. The van der Waals surface area contributed by atoms with Crippen LogP contribution in [0.5, 0.6) is 0 Å². The highest BCUT2D eigenvalue weighted by atomic mass is 16.3. The van der Waals surface area contributed by atoms with Crippen LogP contribution in [-0.2, 0) is 7.05 Å². The van der Waals surface area contributed by atoms with Crippen LogP contribution in [-0.4, -0.2) is 21.5 Å². The summed E-state index contributed by atoms with van der Waals surface area (Å²) in [6.07, 6.45) is 2.48. The van der Waals surface area contributed by atoms with Gasteiger partial charge in [0.2, 0.25) is 0 Å². The average Bonchev–Trinajstić information content (AvgIpc) is 2.89. The Morgan fingerprint density at radius 1 is 1.77 bits per heavy atom. The Bertz CT molecular complexity index is 304. The summed E-state index contributed by atoms with van der Waals surface area (Å²) in [7, 11) is 1.87. The van der Waals surface area contributed by atoms with E-state index in [0.29, 0.717) is 5.92 Å². The number of aryl methyl sites for hydroxylation is 1. The fraction of sp³-hybridized carbons (Fsp3) is 0.667. The van der Waals surface area contributed by atoms with Crippen molar-refractivity contribution < 1.29 is 5.11 Å². The van der Waals surface area contributed by atoms with E-state index in [1.807, 2.05) is 13.1 Å². The van der Waals surface area contributed by atoms with E-state index < -0.39 is 0 Å². The number of aromatic nitrogens is 2. The minimum Gasteiger partial charge on any atom is -0.394 e. The first kappa shape index (κ1) is 8.72. The van der Waals surface area contributed by atoms with Crippen molar-refractivity contribution in [2.45, 2.75) is 24.8 Å². The second kappa shape index (κ2) is 3.12. The number of aliphatic hydroxyl groups is 1. The van der Waals surface area contributed by atoms with E-state index in [0.717, 1.165) is 11.4 Å². The fourth-order valence-corrected chi connectivity index (χ4v) is 1.52. The van der Waals surface area contributed by atoms with Crippen molar-refractivity contribution in [3.8, 4) is 0 Å². The average molecular weight is 181 g/mol. The zero-order valence-electron chi connectivity index (χ0n) is 7.77. The normalized spacial score (nSPS) is 19.0. The largest absolute Gasteiger partial charge is 0.394 e. The van der Waals surface area contributed by atoms with Crippen LogP contribution in [0.2, 0.25) is 0 Å². The summed E-state index contributed by atoms with van der Waals surface area (Å²) in [5, 5.41) is 13.3. The van der Waals surface area contributed by atoms with Gasteiger partial charge in [0.15, 0.2) is 0 Å². The maximum Gasteiger partial charge on any atom is 0.0701 e. The van der Waals surface area contributed by atoms with Crippen LogP contribution >= 0.6 is 0 Å². The van der Waals surface area contributed by atoms with Crippen molar-refractivity contribution in [2.75, 3.05) is 6.61 Å². The summed E-state index contributed by atoms with van der Waals surface area (Å²) in [6, 6.07) is 1.71. The second-order valence-corrected chi connectivity index (χ2v) is 3.68. The lowest BCUT2D eigenvalue weighted by atomic mass is 10.2. The molecule has 4 nitrogen and oxygen atoms in total. The standard InChI is InChI=1S/C9H15N3O/c1-12-9(7(10)5-13)4-8(11-12)6-2-3-6/h4,6-7,13H,2-3,5,10H2,1H3. The molecule has 13 heavy (non-hydrogen) atoms. The molecule has 0 radical (unpaired) electrons. The molecule has 0 bridgehead atoms. The third-order valence-corrected chi connectivity index (χ3v) is 2.51. The minimum absolute atomic E-state index is 0.0242. The van der Waals surface area contributed by atoms with Crippen LogP contribution in [0.25, 0.3) is 0 Å². The van der Waals surface area contributed by atoms with Gasteiger partial charge in [-0.15, -0.1) is 0 Å². The molecule has 0 aromatic carbocycles. The number of rotatable bonds is 3. The Labute approximate surface area is 77.4 Å². The van der Waals surface area contributed by atoms with Crippen molar-refractivity contribution >= 4 is 0 Å². The maximum absolute atomic E-state index is 8.91. The molecule has 1 atom stereocenters. The summed E-state index contributed by atoms with van der Waals surface area (Å²) in [5.74, 6) is 0.644. The van der Waals surface area contributed by atoms with Crippen molar-refractivity contribution in [1.82, 2.24) is 9.78 Å². The molecule has 2 rings (SSSR count). The second-order valence-electron chi connectivity index (χ2n) is 3.68. The molecule has 1 unspecified atom stereocenters. The van der Waals surface area contributed by atoms with Crippen LogP contribution < -0.4 is 5.73 Å². The lowest BCUT2D eigenvalue weighted by Gasteiger charge is -2.06. The number of nitrogens with two attached hydrogens (primary N) is 1. The highest BCUT2D eigenvalue weighted by Gasteiger charge is 2.27. The number of aliphatic hydroxyl groups excluding tert-OH is 1. The molecule has 1 aliphatic carbocycles. The first-order valence-corrected chi connectivity index (χ1v) is 4.62. The Hall–Kier alpha value is -0.870. The molecule has 0 aliphatic heterocycles. The summed E-state index contributed by atoms with van der Waals surface area (Å²) in [4.78, 5) is 0. The van der Waals surface area contributed by atoms with E-state index in [-0.39, 0.29) is 12.6 Å². The van der Waals surface area contributed by atoms with Crippen LogP contribution in [0.3, 0.4) is 0 Å². The summed E-state index contributed by atoms with van der Waals surface area (Å²) in [5.41, 5.74) is 7.77. The van der Waals surface area contributed by atoms with Gasteiger partial charge >= 0.3 is 0 Å². The molecular formula is C9H15N3O. The van der Waals surface area contributed by atoms with Gasteiger partial charge in [0.1, 0.15) is 0 Å². The van der Waals surface area contributed by atoms with Gasteiger partial charge in [-0.05, 0) is 18.9 Å². The molecule has 0 saturated heterocycles. The van der Waals surface area contributed by atoms with E-state index in [2.05, 4.69) is 5.10 Å². The minimum atomic E-state index is -0.301. The van der Waals surface area contributed by atoms with Crippen molar-refractivity contribution in [3.05, 3.63) is 17.5 Å². The molecule has 3 N–H and O–H groups in total. The third kappa shape index (κ3) is 1.59. The van der Waals surface area contributed by atoms with Gasteiger partial charge in [0, 0.05) is 13.0 Å². The SMILES string of the molecule is Cn1nc(C2CC2)cc1C(N)CO. The van der Waals surface area contributed by atoms with Gasteiger partial charge in [-0.3, -0.25) is 4.68 Å². The Morgan fingerprint density at radius 3 is 3.00 bits per heavy atom. The molecule has 1 saturated carbocycles. The van der Waals surface area contributed by atoms with E-state index in [4.69, 9.17) is 10.8 Å². The highest BCUT2D eigenvalue weighted by molar-refractivity contribution is 5.20. The molecular weight excluding hydrogens is 166 g/mol. The monoisotopic (exact) mass is 181 g/mol. The zero-order valence-corrected chi connectivity index (χ0v) is 7.77. The Morgan fingerprint density at radius 2 is 2.46 bits per heavy atom. The lowest BCUT2D eigenvalue weighted by Crippen LogP contribution is -2.17. The highest BCUT2D eigenvalue weighted by Crippen LogP contribution is 2.39. The molecule has 1 aliphatic rings. The third-order valence-electron chi connectivity index (χ3n) is 2.51. The van der Waals surface area contributed by atoms with E-state index in [1.165, 1.54) is 12.8 Å². The van der Waals surface area contributed by atoms with Crippen LogP contribution in [0, 0.1) is 0 Å². The molecule has 0 amide bonds. The summed E-state index contributed by atoms with van der Waals surface area (Å²) >= 11 is 0. The smallest absolute Gasteiger partial charge is 0.0701 e. The van der Waals surface area contributed by atoms with Gasteiger partial charge in [0.05, 0.1) is 24.0 Å². The van der Waals surface area contributed by atoms with Crippen LogP contribution in [0.15, 0.2) is 6.07 Å². The molecule has 1 heterocycles. The van der Waals surface area contributed by atoms with E-state index >= 15 is 0 Å². The Kier molecular flexibility index (Phi) is 2.09. The molecule has 1 fully saturated rings. The van der Waals surface area contributed by atoms with E-state index in [1.54, 1.807) is 4.68 Å². The Balaban J connectivity index is 2.24. The van der Waals surface area contributed by atoms with E-state index in [9.17, 15) is 0 Å². The molecule has 1 aromatic rings. The summed E-state index contributed by atoms with van der Waals surface area (Å²) < 4.78 is 1.77. The predicted octanol–water partition coefficient (Wildman–Crippen LogP) is 0.290. The van der Waals surface area contributed by atoms with Gasteiger partial charge in [0.25, 0.3) is 0 Å². The van der Waals surface area contributed by atoms with Crippen LogP contribution in [0.1, 0.15) is 36.2 Å². The van der Waals surface area contributed by atoms with Crippen LogP contribution in [0.4, 0.5) is 0 Å². The number of nitrogens with zero attached hydrogens (tertiary/aromatic N) is 2. The molecule has 1 aromatic heterocycles. The van der Waals surface area contributed by atoms with Crippen molar-refractivity contribution in [1.29, 1.82) is 0 Å². The topological polar surface area (TPSA) is 64.1 Å².